The first-order valence-corrected chi connectivity index (χ1v) is 17.4. The predicted octanol–water partition coefficient (Wildman–Crippen LogP) is 7.42. The van der Waals surface area contributed by atoms with Crippen LogP contribution in [0.5, 0.6) is 0 Å². The van der Waals surface area contributed by atoms with E-state index in [2.05, 4.69) is 13.8 Å². The Morgan fingerprint density at radius 2 is 0.688 bits per heavy atom. The van der Waals surface area contributed by atoms with Crippen LogP contribution in [0, 0.1) is 0 Å². The number of hydrogen-bond acceptors (Lipinski definition) is 4. The fourth-order valence-corrected chi connectivity index (χ4v) is 5.60. The largest absolute Gasteiger partial charge is 1.00 e. The summed E-state index contributed by atoms with van der Waals surface area (Å²) in [5.41, 5.74) is -2.44. The van der Waals surface area contributed by atoms with E-state index >= 15 is 0 Å². The first kappa shape index (κ1) is 36.7. The van der Waals surface area contributed by atoms with Gasteiger partial charge in [-0.3, -0.25) is 0 Å². The zero-order valence-electron chi connectivity index (χ0n) is 22.1. The topological polar surface area (TPSA) is 18.5 Å². The fraction of sp³-hybridized carbons (Fsp3) is 1.00. The molecule has 0 radical (unpaired) electrons. The van der Waals surface area contributed by atoms with Crippen LogP contribution < -0.4 is 51.4 Å². The molecule has 0 saturated carbocycles. The van der Waals surface area contributed by atoms with E-state index in [1.54, 1.807) is 0 Å². The van der Waals surface area contributed by atoms with Crippen molar-refractivity contribution in [1.29, 1.82) is 0 Å². The molecule has 0 bridgehead atoms. The number of hydrogen-bond donors (Lipinski definition) is 0. The molecular formula is C26H54KO2PS2. The van der Waals surface area contributed by atoms with Crippen LogP contribution in [0.1, 0.15) is 155 Å². The van der Waals surface area contributed by atoms with Gasteiger partial charge in [-0.25, -0.2) is 0 Å². The second kappa shape index (κ2) is 29.8. The van der Waals surface area contributed by atoms with Crippen LogP contribution in [0.15, 0.2) is 0 Å². The van der Waals surface area contributed by atoms with Gasteiger partial charge in [0.2, 0.25) is 0 Å². The monoisotopic (exact) mass is 532 g/mol. The molecular weight excluding hydrogens is 478 g/mol. The molecule has 0 atom stereocenters. The molecule has 0 aliphatic rings. The van der Waals surface area contributed by atoms with E-state index < -0.39 is 5.69 Å². The van der Waals surface area contributed by atoms with E-state index in [0.29, 0.717) is 13.2 Å². The van der Waals surface area contributed by atoms with Gasteiger partial charge in [0.15, 0.2) is 0 Å². The van der Waals surface area contributed by atoms with E-state index in [1.165, 1.54) is 128 Å². The molecule has 0 unspecified atom stereocenters. The van der Waals surface area contributed by atoms with E-state index in [4.69, 9.17) is 33.1 Å². The molecule has 0 amide bonds. The van der Waals surface area contributed by atoms with Crippen LogP contribution in [0.3, 0.4) is 0 Å². The van der Waals surface area contributed by atoms with E-state index in [-0.39, 0.29) is 51.4 Å². The van der Waals surface area contributed by atoms with Crippen LogP contribution >= 0.6 is 5.69 Å². The Morgan fingerprint density at radius 1 is 0.469 bits per heavy atom. The quantitative estimate of drug-likeness (QED) is 0.0499. The summed E-state index contributed by atoms with van der Waals surface area (Å²) in [6, 6.07) is 0. The third-order valence-corrected chi connectivity index (χ3v) is 8.26. The first-order chi connectivity index (χ1) is 15.1. The van der Waals surface area contributed by atoms with Crippen molar-refractivity contribution in [3.05, 3.63) is 0 Å². The molecule has 0 heterocycles. The SMILES string of the molecule is CCCCCCCCCCCCCOP(=S)([S-])OCCCCCCCCCCCCC.[K+]. The van der Waals surface area contributed by atoms with Crippen molar-refractivity contribution in [2.45, 2.75) is 155 Å². The van der Waals surface area contributed by atoms with Gasteiger partial charge in [0.1, 0.15) is 0 Å². The van der Waals surface area contributed by atoms with Crippen molar-refractivity contribution in [2.24, 2.45) is 0 Å². The maximum Gasteiger partial charge on any atom is 1.00 e. The Morgan fingerprint density at radius 3 is 0.938 bits per heavy atom. The second-order valence-corrected chi connectivity index (χ2v) is 14.2. The number of rotatable bonds is 26. The van der Waals surface area contributed by atoms with Crippen molar-refractivity contribution < 1.29 is 60.4 Å². The summed E-state index contributed by atoms with van der Waals surface area (Å²) >= 11 is 10.8. The second-order valence-electron chi connectivity index (χ2n) is 9.18. The standard InChI is InChI=1S/C26H55O2PS2.K/c1-3-5-7-9-11-13-15-17-19-21-23-25-27-29(30,31)28-26-24-22-20-18-16-14-12-10-8-6-4-2;/h3-26H2,1-2H3,(H,30,31);/q;+1/p-1. The maximum absolute atomic E-state index is 5.73. The van der Waals surface area contributed by atoms with Crippen LogP contribution in [-0.4, -0.2) is 13.2 Å². The van der Waals surface area contributed by atoms with Gasteiger partial charge in [-0.15, -0.1) is 0 Å². The molecule has 0 aromatic rings. The van der Waals surface area contributed by atoms with Gasteiger partial charge in [-0.05, 0) is 12.8 Å². The molecule has 0 rings (SSSR count). The Labute approximate surface area is 255 Å². The summed E-state index contributed by atoms with van der Waals surface area (Å²) < 4.78 is 11.5. The minimum absolute atomic E-state index is 0. The average Bonchev–Trinajstić information content (AvgIpc) is 2.75. The van der Waals surface area contributed by atoms with Crippen molar-refractivity contribution in [1.82, 2.24) is 0 Å². The van der Waals surface area contributed by atoms with Gasteiger partial charge in [0.05, 0.1) is 18.9 Å². The van der Waals surface area contributed by atoms with Crippen LogP contribution in [0.4, 0.5) is 0 Å². The van der Waals surface area contributed by atoms with E-state index in [0.717, 1.165) is 12.8 Å². The van der Waals surface area contributed by atoms with Crippen molar-refractivity contribution in [3.8, 4) is 0 Å². The molecule has 0 saturated heterocycles. The molecule has 0 N–H and O–H groups in total. The van der Waals surface area contributed by atoms with Crippen LogP contribution in [-0.2, 0) is 33.1 Å². The first-order valence-electron chi connectivity index (χ1n) is 13.7. The molecule has 0 aromatic heterocycles. The smallest absolute Gasteiger partial charge is 0.691 e. The summed E-state index contributed by atoms with van der Waals surface area (Å²) in [5, 5.41) is 0. The summed E-state index contributed by atoms with van der Waals surface area (Å²) in [6.07, 6.45) is 29.4. The summed E-state index contributed by atoms with van der Waals surface area (Å²) in [4.78, 5) is 0. The molecule has 0 aliphatic carbocycles. The average molecular weight is 533 g/mol. The normalized spacial score (nSPS) is 11.6. The van der Waals surface area contributed by atoms with E-state index in [1.807, 2.05) is 0 Å². The molecule has 0 aromatic carbocycles. The Kier molecular flexibility index (Phi) is 34.2. The van der Waals surface area contributed by atoms with Gasteiger partial charge in [0.25, 0.3) is 0 Å². The van der Waals surface area contributed by atoms with Gasteiger partial charge in [-0.2, -0.15) is 0 Å². The van der Waals surface area contributed by atoms with Gasteiger partial charge in [0, 0.05) is 0 Å². The van der Waals surface area contributed by atoms with Crippen molar-refractivity contribution in [2.75, 3.05) is 13.2 Å². The van der Waals surface area contributed by atoms with Gasteiger partial charge < -0.3 is 21.3 Å². The molecule has 188 valence electrons. The maximum atomic E-state index is 5.73. The number of unbranched alkanes of at least 4 members (excludes halogenated alkanes) is 20. The Bertz CT molecular complexity index is 368. The molecule has 0 fully saturated rings. The van der Waals surface area contributed by atoms with Crippen molar-refractivity contribution in [3.63, 3.8) is 0 Å². The summed E-state index contributed by atoms with van der Waals surface area (Å²) in [5.74, 6) is 0. The van der Waals surface area contributed by atoms with Crippen LogP contribution in [0.2, 0.25) is 0 Å². The summed E-state index contributed by atoms with van der Waals surface area (Å²) in [6.45, 7) is 5.91. The third-order valence-electron chi connectivity index (χ3n) is 5.99. The Balaban J connectivity index is 0. The third kappa shape index (κ3) is 30.6. The Hall–Kier alpha value is 2.56. The minimum Gasteiger partial charge on any atom is -0.691 e. The van der Waals surface area contributed by atoms with Gasteiger partial charge >= 0.3 is 51.4 Å². The van der Waals surface area contributed by atoms with Crippen molar-refractivity contribution >= 4 is 29.7 Å². The zero-order chi connectivity index (χ0) is 22.9. The molecule has 32 heavy (non-hydrogen) atoms. The van der Waals surface area contributed by atoms with Crippen LogP contribution in [0.25, 0.3) is 0 Å². The predicted molar refractivity (Wildman–Crippen MR) is 146 cm³/mol. The molecule has 0 spiro atoms. The van der Waals surface area contributed by atoms with Gasteiger partial charge in [-0.1, -0.05) is 154 Å². The fourth-order valence-electron chi connectivity index (χ4n) is 3.92. The minimum atomic E-state index is -2.44. The molecule has 2 nitrogen and oxygen atoms in total. The molecule has 6 heteroatoms. The zero-order valence-corrected chi connectivity index (χ0v) is 27.7. The summed E-state index contributed by atoms with van der Waals surface area (Å²) in [7, 11) is 0. The van der Waals surface area contributed by atoms with E-state index in [9.17, 15) is 0 Å². The molecule has 0 aliphatic heterocycles.